The minimum absolute atomic E-state index is 0.264. The lowest BCUT2D eigenvalue weighted by atomic mass is 10.1. The third-order valence-corrected chi connectivity index (χ3v) is 5.31. The van der Waals surface area contributed by atoms with Gasteiger partial charge in [0, 0.05) is 37.2 Å². The fraction of sp³-hybridized carbons (Fsp3) is 0.238. The Labute approximate surface area is 173 Å². The van der Waals surface area contributed by atoms with Gasteiger partial charge in [-0.1, -0.05) is 0 Å². The first kappa shape index (κ1) is 18.2. The molecular formula is C21H23N9. The Morgan fingerprint density at radius 2 is 1.97 bits per heavy atom. The van der Waals surface area contributed by atoms with Gasteiger partial charge in [-0.3, -0.25) is 0 Å². The second-order valence-electron chi connectivity index (χ2n) is 7.49. The Morgan fingerprint density at radius 3 is 2.83 bits per heavy atom. The number of hydrogen-bond donors (Lipinski definition) is 3. The Balaban J connectivity index is 1.35. The zero-order valence-electron chi connectivity index (χ0n) is 16.4. The first-order chi connectivity index (χ1) is 14.7. The number of anilines is 4. The van der Waals surface area contributed by atoms with Crippen molar-refractivity contribution in [3.63, 3.8) is 0 Å². The lowest BCUT2D eigenvalue weighted by Gasteiger charge is -2.34. The number of hydrogen-bond acceptors (Lipinski definition) is 8. The molecule has 1 aliphatic heterocycles. The van der Waals surface area contributed by atoms with Gasteiger partial charge in [0.2, 0.25) is 0 Å². The van der Waals surface area contributed by atoms with Crippen molar-refractivity contribution in [2.45, 2.75) is 18.9 Å². The standard InChI is InChI=1S/C21H23N9/c22-14-6-9-30-18(10-14)17(12-26-30)21-24-7-5-19(28-21)27-16-2-1-8-29(13-16)20-4-3-15(23)11-25-20/h3-7,9-12,16H,1-2,8,13,22-23H2,(H,24,27,28)/t16-/m1/s1. The second kappa shape index (κ2) is 7.51. The minimum atomic E-state index is 0.264. The number of piperidine rings is 1. The van der Waals surface area contributed by atoms with Gasteiger partial charge in [-0.2, -0.15) is 5.10 Å². The lowest BCUT2D eigenvalue weighted by molar-refractivity contribution is 0.525. The maximum absolute atomic E-state index is 5.94. The topological polar surface area (TPSA) is 123 Å². The van der Waals surface area contributed by atoms with Crippen molar-refractivity contribution in [1.82, 2.24) is 24.6 Å². The van der Waals surface area contributed by atoms with E-state index in [9.17, 15) is 0 Å². The van der Waals surface area contributed by atoms with Crippen molar-refractivity contribution in [3.8, 4) is 11.4 Å². The monoisotopic (exact) mass is 401 g/mol. The first-order valence-electron chi connectivity index (χ1n) is 9.95. The average Bonchev–Trinajstić information content (AvgIpc) is 3.18. The predicted octanol–water partition coefficient (Wildman–Crippen LogP) is 2.43. The molecule has 0 spiro atoms. The van der Waals surface area contributed by atoms with Gasteiger partial charge in [-0.15, -0.1) is 0 Å². The van der Waals surface area contributed by atoms with E-state index in [0.717, 1.165) is 48.6 Å². The number of fused-ring (bicyclic) bond motifs is 1. The molecule has 1 saturated heterocycles. The van der Waals surface area contributed by atoms with Crippen molar-refractivity contribution in [2.24, 2.45) is 0 Å². The van der Waals surface area contributed by atoms with Gasteiger partial charge < -0.3 is 21.7 Å². The molecule has 5 rings (SSSR count). The Morgan fingerprint density at radius 1 is 1.03 bits per heavy atom. The normalized spacial score (nSPS) is 16.7. The van der Waals surface area contributed by atoms with Crippen LogP contribution in [0, 0.1) is 0 Å². The zero-order chi connectivity index (χ0) is 20.5. The number of nitrogens with two attached hydrogens (primary N) is 2. The predicted molar refractivity (Wildman–Crippen MR) is 118 cm³/mol. The molecule has 0 aliphatic carbocycles. The summed E-state index contributed by atoms with van der Waals surface area (Å²) in [5, 5.41) is 7.93. The van der Waals surface area contributed by atoms with E-state index in [0.29, 0.717) is 17.2 Å². The van der Waals surface area contributed by atoms with Crippen LogP contribution in [0.3, 0.4) is 0 Å². The van der Waals surface area contributed by atoms with E-state index in [2.05, 4.69) is 25.3 Å². The van der Waals surface area contributed by atoms with Gasteiger partial charge in [0.25, 0.3) is 0 Å². The SMILES string of the molecule is Nc1ccc(N2CCC[C@@H](Nc3ccnc(-c4cnn5ccc(N)cc45)n3)C2)nc1. The maximum Gasteiger partial charge on any atom is 0.165 e. The summed E-state index contributed by atoms with van der Waals surface area (Å²) in [6.07, 6.45) is 9.21. The highest BCUT2D eigenvalue weighted by Crippen LogP contribution is 2.25. The van der Waals surface area contributed by atoms with E-state index in [1.54, 1.807) is 23.1 Å². The largest absolute Gasteiger partial charge is 0.399 e. The van der Waals surface area contributed by atoms with Crippen LogP contribution in [0.1, 0.15) is 12.8 Å². The highest BCUT2D eigenvalue weighted by Gasteiger charge is 2.21. The number of aromatic nitrogens is 5. The molecule has 9 heteroatoms. The van der Waals surface area contributed by atoms with Gasteiger partial charge in [0.1, 0.15) is 11.6 Å². The van der Waals surface area contributed by atoms with Crippen LogP contribution in [0.2, 0.25) is 0 Å². The number of nitrogen functional groups attached to an aromatic ring is 2. The molecule has 4 aromatic heterocycles. The molecule has 1 atom stereocenters. The summed E-state index contributed by atoms with van der Waals surface area (Å²) in [5.41, 5.74) is 14.8. The molecule has 4 aromatic rings. The fourth-order valence-electron chi connectivity index (χ4n) is 3.83. The summed E-state index contributed by atoms with van der Waals surface area (Å²) in [5.74, 6) is 2.36. The molecular weight excluding hydrogens is 378 g/mol. The minimum Gasteiger partial charge on any atom is -0.399 e. The van der Waals surface area contributed by atoms with E-state index in [-0.39, 0.29) is 6.04 Å². The molecule has 152 valence electrons. The number of pyridine rings is 2. The fourth-order valence-corrected chi connectivity index (χ4v) is 3.83. The van der Waals surface area contributed by atoms with Gasteiger partial charge in [-0.05, 0) is 43.2 Å². The van der Waals surface area contributed by atoms with Crippen LogP contribution in [0.15, 0.2) is 55.1 Å². The molecule has 0 unspecified atom stereocenters. The average molecular weight is 401 g/mol. The van der Waals surface area contributed by atoms with Gasteiger partial charge in [0.05, 0.1) is 29.2 Å². The maximum atomic E-state index is 5.94. The third-order valence-electron chi connectivity index (χ3n) is 5.31. The summed E-state index contributed by atoms with van der Waals surface area (Å²) in [6.45, 7) is 1.83. The highest BCUT2D eigenvalue weighted by molar-refractivity contribution is 5.78. The molecule has 0 amide bonds. The summed E-state index contributed by atoms with van der Waals surface area (Å²) in [6, 6.07) is 9.71. The van der Waals surface area contributed by atoms with E-state index >= 15 is 0 Å². The van der Waals surface area contributed by atoms with Gasteiger partial charge >= 0.3 is 0 Å². The summed E-state index contributed by atoms with van der Waals surface area (Å²) >= 11 is 0. The lowest BCUT2D eigenvalue weighted by Crippen LogP contribution is -2.42. The molecule has 5 heterocycles. The number of rotatable bonds is 4. The van der Waals surface area contributed by atoms with Crippen LogP contribution in [-0.2, 0) is 0 Å². The van der Waals surface area contributed by atoms with Crippen molar-refractivity contribution < 1.29 is 0 Å². The first-order valence-corrected chi connectivity index (χ1v) is 9.95. The Bertz CT molecular complexity index is 1170. The van der Waals surface area contributed by atoms with Crippen LogP contribution < -0.4 is 21.7 Å². The molecule has 5 N–H and O–H groups in total. The zero-order valence-corrected chi connectivity index (χ0v) is 16.4. The third kappa shape index (κ3) is 3.57. The van der Waals surface area contributed by atoms with E-state index in [1.807, 2.05) is 36.5 Å². The molecule has 9 nitrogen and oxygen atoms in total. The van der Waals surface area contributed by atoms with Crippen LogP contribution >= 0.6 is 0 Å². The van der Waals surface area contributed by atoms with Crippen molar-refractivity contribution in [3.05, 3.63) is 55.1 Å². The molecule has 0 aromatic carbocycles. The van der Waals surface area contributed by atoms with Gasteiger partial charge in [-0.25, -0.2) is 19.5 Å². The number of nitrogens with one attached hydrogen (secondary N) is 1. The second-order valence-corrected chi connectivity index (χ2v) is 7.49. The number of nitrogens with zero attached hydrogens (tertiary/aromatic N) is 6. The van der Waals surface area contributed by atoms with E-state index < -0.39 is 0 Å². The van der Waals surface area contributed by atoms with Crippen LogP contribution in [0.5, 0.6) is 0 Å². The van der Waals surface area contributed by atoms with Crippen LogP contribution in [-0.4, -0.2) is 43.7 Å². The van der Waals surface area contributed by atoms with Crippen molar-refractivity contribution in [2.75, 3.05) is 34.8 Å². The summed E-state index contributed by atoms with van der Waals surface area (Å²) in [4.78, 5) is 15.9. The summed E-state index contributed by atoms with van der Waals surface area (Å²) < 4.78 is 1.77. The Hall–Kier alpha value is -3.88. The summed E-state index contributed by atoms with van der Waals surface area (Å²) in [7, 11) is 0. The van der Waals surface area contributed by atoms with Crippen molar-refractivity contribution in [1.29, 1.82) is 0 Å². The Kier molecular flexibility index (Phi) is 4.55. The molecule has 0 bridgehead atoms. The molecule has 0 radical (unpaired) electrons. The molecule has 1 aliphatic rings. The van der Waals surface area contributed by atoms with Crippen LogP contribution in [0.4, 0.5) is 23.0 Å². The molecule has 0 saturated carbocycles. The quantitative estimate of drug-likeness (QED) is 0.476. The van der Waals surface area contributed by atoms with E-state index in [4.69, 9.17) is 16.5 Å². The van der Waals surface area contributed by atoms with Crippen molar-refractivity contribution >= 4 is 28.5 Å². The smallest absolute Gasteiger partial charge is 0.165 e. The van der Waals surface area contributed by atoms with Gasteiger partial charge in [0.15, 0.2) is 5.82 Å². The molecule has 1 fully saturated rings. The molecule has 30 heavy (non-hydrogen) atoms. The highest BCUT2D eigenvalue weighted by atomic mass is 15.2. The van der Waals surface area contributed by atoms with Crippen LogP contribution in [0.25, 0.3) is 16.9 Å². The van der Waals surface area contributed by atoms with E-state index in [1.165, 1.54) is 0 Å².